The van der Waals surface area contributed by atoms with Crippen LogP contribution in [0.3, 0.4) is 0 Å². The van der Waals surface area contributed by atoms with Gasteiger partial charge in [-0.3, -0.25) is 0 Å². The molecule has 2 saturated heterocycles. The fourth-order valence-electron chi connectivity index (χ4n) is 2.95. The van der Waals surface area contributed by atoms with Crippen molar-refractivity contribution in [2.45, 2.75) is 45.1 Å². The summed E-state index contributed by atoms with van der Waals surface area (Å²) in [6.45, 7) is 4.97. The third-order valence-corrected chi connectivity index (χ3v) is 5.65. The number of nitrogens with zero attached hydrogens (tertiary/aromatic N) is 1. The number of halogens is 1. The highest BCUT2D eigenvalue weighted by molar-refractivity contribution is 7.87. The van der Waals surface area contributed by atoms with E-state index >= 15 is 0 Å². The largest absolute Gasteiger partial charge is 0.314 e. The maximum atomic E-state index is 12.0. The molecule has 2 N–H and O–H groups in total. The molecule has 0 saturated carbocycles. The first-order valence-electron chi connectivity index (χ1n) is 7.11. The lowest BCUT2D eigenvalue weighted by Crippen LogP contribution is -2.47. The van der Waals surface area contributed by atoms with Gasteiger partial charge in [-0.25, -0.2) is 4.72 Å². The molecule has 5 nitrogen and oxygen atoms in total. The summed E-state index contributed by atoms with van der Waals surface area (Å²) in [5, 5.41) is 3.53. The molecule has 0 aromatic heterocycles. The first-order chi connectivity index (χ1) is 8.63. The van der Waals surface area contributed by atoms with Gasteiger partial charge in [-0.05, 0) is 44.6 Å². The lowest BCUT2D eigenvalue weighted by atomic mass is 9.89. The Morgan fingerprint density at radius 1 is 1.26 bits per heavy atom. The number of hydrogen-bond donors (Lipinski definition) is 2. The summed E-state index contributed by atoms with van der Waals surface area (Å²) in [7, 11) is -3.23. The monoisotopic (exact) mass is 311 g/mol. The zero-order valence-corrected chi connectivity index (χ0v) is 13.2. The van der Waals surface area contributed by atoms with Gasteiger partial charge in [0.1, 0.15) is 0 Å². The van der Waals surface area contributed by atoms with Crippen molar-refractivity contribution in [1.82, 2.24) is 14.3 Å². The molecule has 0 spiro atoms. The van der Waals surface area contributed by atoms with E-state index < -0.39 is 10.2 Å². The Kier molecular flexibility index (Phi) is 7.04. The number of rotatable bonds is 5. The molecule has 2 aliphatic heterocycles. The van der Waals surface area contributed by atoms with Crippen molar-refractivity contribution >= 4 is 22.6 Å². The SMILES string of the molecule is CCCNS(=O)(=O)N1CCC(C2CCCN2)CC1.Cl. The zero-order valence-electron chi connectivity index (χ0n) is 11.6. The minimum Gasteiger partial charge on any atom is -0.314 e. The molecule has 0 aromatic rings. The van der Waals surface area contributed by atoms with E-state index in [9.17, 15) is 8.42 Å². The summed E-state index contributed by atoms with van der Waals surface area (Å²) < 4.78 is 28.2. The maximum absolute atomic E-state index is 12.0. The normalized spacial score (nSPS) is 26.3. The van der Waals surface area contributed by atoms with Gasteiger partial charge < -0.3 is 5.32 Å². The van der Waals surface area contributed by atoms with Crippen molar-refractivity contribution in [1.29, 1.82) is 0 Å². The number of piperidine rings is 1. The van der Waals surface area contributed by atoms with E-state index in [1.54, 1.807) is 4.31 Å². The van der Waals surface area contributed by atoms with Crippen LogP contribution in [-0.2, 0) is 10.2 Å². The quantitative estimate of drug-likeness (QED) is 0.800. The second-order valence-electron chi connectivity index (χ2n) is 5.34. The molecule has 0 aromatic carbocycles. The van der Waals surface area contributed by atoms with Crippen LogP contribution in [0.25, 0.3) is 0 Å². The molecule has 0 radical (unpaired) electrons. The molecule has 2 fully saturated rings. The second-order valence-corrected chi connectivity index (χ2v) is 7.09. The topological polar surface area (TPSA) is 61.4 Å². The standard InChI is InChI=1S/C12H25N3O2S.ClH/c1-2-7-14-18(16,17)15-9-5-11(6-10-15)12-4-3-8-13-12;/h11-14H,2-10H2,1H3;1H. The van der Waals surface area contributed by atoms with Crippen molar-refractivity contribution in [2.24, 2.45) is 5.92 Å². The van der Waals surface area contributed by atoms with Gasteiger partial charge in [0.05, 0.1) is 0 Å². The van der Waals surface area contributed by atoms with E-state index in [0.717, 1.165) is 25.8 Å². The Bertz CT molecular complexity index is 350. The molecular weight excluding hydrogens is 286 g/mol. The van der Waals surface area contributed by atoms with E-state index in [4.69, 9.17) is 0 Å². The van der Waals surface area contributed by atoms with Crippen molar-refractivity contribution < 1.29 is 8.42 Å². The molecule has 0 amide bonds. The zero-order chi connectivity index (χ0) is 13.0. The molecule has 2 aliphatic rings. The average molecular weight is 312 g/mol. The van der Waals surface area contributed by atoms with E-state index in [1.807, 2.05) is 6.92 Å². The lowest BCUT2D eigenvalue weighted by molar-refractivity contribution is 0.232. The van der Waals surface area contributed by atoms with E-state index in [0.29, 0.717) is 31.6 Å². The molecule has 19 heavy (non-hydrogen) atoms. The van der Waals surface area contributed by atoms with Crippen molar-refractivity contribution in [3.63, 3.8) is 0 Å². The number of nitrogens with one attached hydrogen (secondary N) is 2. The fraction of sp³-hybridized carbons (Fsp3) is 1.00. The fourth-order valence-corrected chi connectivity index (χ4v) is 4.29. The first-order valence-corrected chi connectivity index (χ1v) is 8.55. The summed E-state index contributed by atoms with van der Waals surface area (Å²) in [5.74, 6) is 0.658. The van der Waals surface area contributed by atoms with Crippen LogP contribution in [-0.4, -0.2) is 44.9 Å². The molecule has 114 valence electrons. The molecule has 1 unspecified atom stereocenters. The Balaban J connectivity index is 0.00000180. The smallest absolute Gasteiger partial charge is 0.279 e. The lowest BCUT2D eigenvalue weighted by Gasteiger charge is -2.34. The summed E-state index contributed by atoms with van der Waals surface area (Å²) >= 11 is 0. The average Bonchev–Trinajstić information content (AvgIpc) is 2.90. The Labute approximate surface area is 123 Å². The minimum absolute atomic E-state index is 0. The third-order valence-electron chi connectivity index (χ3n) is 4.04. The van der Waals surface area contributed by atoms with Crippen LogP contribution >= 0.6 is 12.4 Å². The summed E-state index contributed by atoms with van der Waals surface area (Å²) in [4.78, 5) is 0. The molecular formula is C12H26ClN3O2S. The van der Waals surface area contributed by atoms with Gasteiger partial charge in [0, 0.05) is 25.7 Å². The Morgan fingerprint density at radius 3 is 2.47 bits per heavy atom. The highest BCUT2D eigenvalue weighted by Gasteiger charge is 2.32. The van der Waals surface area contributed by atoms with E-state index in [2.05, 4.69) is 10.0 Å². The van der Waals surface area contributed by atoms with Gasteiger partial charge in [-0.1, -0.05) is 6.92 Å². The van der Waals surface area contributed by atoms with Crippen LogP contribution in [0.2, 0.25) is 0 Å². The van der Waals surface area contributed by atoms with Crippen LogP contribution in [0, 0.1) is 5.92 Å². The van der Waals surface area contributed by atoms with Gasteiger partial charge in [-0.15, -0.1) is 12.4 Å². The molecule has 2 heterocycles. The second kappa shape index (κ2) is 7.78. The number of hydrogen-bond acceptors (Lipinski definition) is 3. The predicted molar refractivity (Wildman–Crippen MR) is 79.8 cm³/mol. The molecule has 2 rings (SSSR count). The summed E-state index contributed by atoms with van der Waals surface area (Å²) in [6.07, 6.45) is 5.34. The van der Waals surface area contributed by atoms with Gasteiger partial charge >= 0.3 is 0 Å². The van der Waals surface area contributed by atoms with E-state index in [1.165, 1.54) is 12.8 Å². The maximum Gasteiger partial charge on any atom is 0.279 e. The highest BCUT2D eigenvalue weighted by atomic mass is 35.5. The van der Waals surface area contributed by atoms with Gasteiger partial charge in [-0.2, -0.15) is 12.7 Å². The predicted octanol–water partition coefficient (Wildman–Crippen LogP) is 1.12. The summed E-state index contributed by atoms with van der Waals surface area (Å²) in [5.41, 5.74) is 0. The van der Waals surface area contributed by atoms with Gasteiger partial charge in [0.25, 0.3) is 10.2 Å². The third kappa shape index (κ3) is 4.56. The summed E-state index contributed by atoms with van der Waals surface area (Å²) in [6, 6.07) is 0.624. The molecule has 0 aliphatic carbocycles. The Hall–Kier alpha value is 0.120. The van der Waals surface area contributed by atoms with Crippen LogP contribution in [0.5, 0.6) is 0 Å². The Morgan fingerprint density at radius 2 is 1.95 bits per heavy atom. The van der Waals surface area contributed by atoms with Crippen LogP contribution < -0.4 is 10.0 Å². The minimum atomic E-state index is -3.23. The molecule has 7 heteroatoms. The van der Waals surface area contributed by atoms with E-state index in [-0.39, 0.29) is 12.4 Å². The van der Waals surface area contributed by atoms with Crippen LogP contribution in [0.15, 0.2) is 0 Å². The van der Waals surface area contributed by atoms with Crippen molar-refractivity contribution in [3.8, 4) is 0 Å². The van der Waals surface area contributed by atoms with Crippen molar-refractivity contribution in [3.05, 3.63) is 0 Å². The van der Waals surface area contributed by atoms with Crippen molar-refractivity contribution in [2.75, 3.05) is 26.2 Å². The van der Waals surface area contributed by atoms with Gasteiger partial charge in [0.15, 0.2) is 0 Å². The van der Waals surface area contributed by atoms with Crippen LogP contribution in [0.4, 0.5) is 0 Å². The molecule has 0 bridgehead atoms. The van der Waals surface area contributed by atoms with Crippen LogP contribution in [0.1, 0.15) is 39.0 Å². The molecule has 1 atom stereocenters. The van der Waals surface area contributed by atoms with Gasteiger partial charge in [0.2, 0.25) is 0 Å². The first kappa shape index (κ1) is 17.2. The highest BCUT2D eigenvalue weighted by Crippen LogP contribution is 2.26.